The van der Waals surface area contributed by atoms with Gasteiger partial charge in [-0.3, -0.25) is 4.79 Å². The molecule has 0 aliphatic rings. The third kappa shape index (κ3) is 6.99. The topological polar surface area (TPSA) is 58.6 Å². The number of carbonyl (C=O) groups is 1. The van der Waals surface area contributed by atoms with Crippen LogP contribution in [0.2, 0.25) is 0 Å². The molecule has 1 amide bonds. The molecule has 1 aromatic carbocycles. The Balaban J connectivity index is 2.53. The molecule has 4 nitrogen and oxygen atoms in total. The van der Waals surface area contributed by atoms with E-state index in [-0.39, 0.29) is 30.7 Å². The molecule has 1 atom stereocenters. The predicted octanol–water partition coefficient (Wildman–Crippen LogP) is 2.40. The molecule has 0 heterocycles. The molecule has 1 aromatic rings. The Morgan fingerprint density at radius 2 is 1.95 bits per heavy atom. The van der Waals surface area contributed by atoms with E-state index in [4.69, 9.17) is 5.11 Å². The van der Waals surface area contributed by atoms with Crippen LogP contribution in [0.1, 0.15) is 25.3 Å². The smallest absolute Gasteiger partial charge is 0.406 e. The van der Waals surface area contributed by atoms with Crippen molar-refractivity contribution in [2.45, 2.75) is 38.6 Å². The highest BCUT2D eigenvalue weighted by Crippen LogP contribution is 2.22. The molecule has 0 aliphatic heterocycles. The van der Waals surface area contributed by atoms with Gasteiger partial charge < -0.3 is 15.2 Å². The molecule has 0 saturated carbocycles. The monoisotopic (exact) mass is 305 g/mol. The second-order valence-corrected chi connectivity index (χ2v) is 4.55. The first-order valence-electron chi connectivity index (χ1n) is 6.59. The first-order valence-corrected chi connectivity index (χ1v) is 6.59. The number of hydrogen-bond acceptors (Lipinski definition) is 3. The SMILES string of the molecule is CCC(CCO)NC(=O)Cc1ccc(OC(F)(F)F)cc1. The second kappa shape index (κ2) is 7.87. The summed E-state index contributed by atoms with van der Waals surface area (Å²) in [5.74, 6) is -0.557. The van der Waals surface area contributed by atoms with E-state index in [9.17, 15) is 18.0 Å². The van der Waals surface area contributed by atoms with Crippen molar-refractivity contribution in [3.8, 4) is 5.75 Å². The predicted molar refractivity (Wildman–Crippen MR) is 70.8 cm³/mol. The summed E-state index contributed by atoms with van der Waals surface area (Å²) in [6, 6.07) is 5.05. The fourth-order valence-corrected chi connectivity index (χ4v) is 1.81. The van der Waals surface area contributed by atoms with Crippen molar-refractivity contribution in [1.29, 1.82) is 0 Å². The minimum atomic E-state index is -4.72. The Kier molecular flexibility index (Phi) is 6.48. The van der Waals surface area contributed by atoms with Crippen molar-refractivity contribution in [2.24, 2.45) is 0 Å². The molecule has 1 unspecified atom stereocenters. The Morgan fingerprint density at radius 1 is 1.33 bits per heavy atom. The summed E-state index contributed by atoms with van der Waals surface area (Å²) in [5, 5.41) is 11.6. The first-order chi connectivity index (χ1) is 9.84. The minimum absolute atomic E-state index is 0.0116. The number of nitrogens with one attached hydrogen (secondary N) is 1. The van der Waals surface area contributed by atoms with Gasteiger partial charge in [-0.15, -0.1) is 13.2 Å². The molecule has 0 aliphatic carbocycles. The van der Waals surface area contributed by atoms with Gasteiger partial charge in [0, 0.05) is 12.6 Å². The maximum Gasteiger partial charge on any atom is 0.573 e. The Morgan fingerprint density at radius 3 is 2.43 bits per heavy atom. The minimum Gasteiger partial charge on any atom is -0.406 e. The number of rotatable bonds is 7. The first kappa shape index (κ1) is 17.3. The molecule has 21 heavy (non-hydrogen) atoms. The molecule has 0 fully saturated rings. The summed E-state index contributed by atoms with van der Waals surface area (Å²) >= 11 is 0. The number of aliphatic hydroxyl groups is 1. The van der Waals surface area contributed by atoms with Crippen LogP contribution in [-0.4, -0.2) is 30.0 Å². The number of ether oxygens (including phenoxy) is 1. The maximum absolute atomic E-state index is 12.0. The summed E-state index contributed by atoms with van der Waals surface area (Å²) < 4.78 is 39.7. The van der Waals surface area contributed by atoms with Crippen molar-refractivity contribution in [3.63, 3.8) is 0 Å². The van der Waals surface area contributed by atoms with Crippen LogP contribution in [0.4, 0.5) is 13.2 Å². The van der Waals surface area contributed by atoms with E-state index < -0.39 is 6.36 Å². The van der Waals surface area contributed by atoms with Crippen LogP contribution in [0.15, 0.2) is 24.3 Å². The normalized spacial score (nSPS) is 12.8. The lowest BCUT2D eigenvalue weighted by molar-refractivity contribution is -0.274. The van der Waals surface area contributed by atoms with E-state index >= 15 is 0 Å². The third-order valence-corrected chi connectivity index (χ3v) is 2.86. The van der Waals surface area contributed by atoms with Gasteiger partial charge in [-0.1, -0.05) is 19.1 Å². The molecule has 118 valence electrons. The summed E-state index contributed by atoms with van der Waals surface area (Å²) in [6.45, 7) is 1.88. The average molecular weight is 305 g/mol. The van der Waals surface area contributed by atoms with Gasteiger partial charge in [0.15, 0.2) is 0 Å². The highest BCUT2D eigenvalue weighted by Gasteiger charge is 2.30. The lowest BCUT2D eigenvalue weighted by atomic mass is 10.1. The number of amides is 1. The Hall–Kier alpha value is -1.76. The van der Waals surface area contributed by atoms with E-state index in [1.54, 1.807) is 0 Å². The second-order valence-electron chi connectivity index (χ2n) is 4.55. The maximum atomic E-state index is 12.0. The zero-order chi connectivity index (χ0) is 15.9. The van der Waals surface area contributed by atoms with Crippen LogP contribution >= 0.6 is 0 Å². The lowest BCUT2D eigenvalue weighted by Gasteiger charge is -2.15. The van der Waals surface area contributed by atoms with Crippen LogP contribution < -0.4 is 10.1 Å². The lowest BCUT2D eigenvalue weighted by Crippen LogP contribution is -2.36. The van der Waals surface area contributed by atoms with Crippen LogP contribution in [0, 0.1) is 0 Å². The Bertz CT molecular complexity index is 446. The van der Waals surface area contributed by atoms with Gasteiger partial charge in [0.05, 0.1) is 6.42 Å². The van der Waals surface area contributed by atoms with Gasteiger partial charge in [-0.25, -0.2) is 0 Å². The van der Waals surface area contributed by atoms with E-state index in [1.165, 1.54) is 24.3 Å². The number of carbonyl (C=O) groups excluding carboxylic acids is 1. The van der Waals surface area contributed by atoms with E-state index in [1.807, 2.05) is 6.92 Å². The van der Waals surface area contributed by atoms with E-state index in [0.29, 0.717) is 18.4 Å². The summed E-state index contributed by atoms with van der Waals surface area (Å²) in [6.07, 6.45) is -3.49. The van der Waals surface area contributed by atoms with Gasteiger partial charge in [-0.2, -0.15) is 0 Å². The van der Waals surface area contributed by atoms with Gasteiger partial charge in [0.1, 0.15) is 5.75 Å². The largest absolute Gasteiger partial charge is 0.573 e. The Labute approximate surface area is 120 Å². The fraction of sp³-hybridized carbons (Fsp3) is 0.500. The number of hydrogen-bond donors (Lipinski definition) is 2. The summed E-state index contributed by atoms with van der Waals surface area (Å²) in [5.41, 5.74) is 0.584. The van der Waals surface area contributed by atoms with Gasteiger partial charge in [-0.05, 0) is 30.5 Å². The van der Waals surface area contributed by atoms with Crippen LogP contribution in [0.25, 0.3) is 0 Å². The molecule has 1 rings (SSSR count). The molecule has 0 saturated heterocycles. The highest BCUT2D eigenvalue weighted by molar-refractivity contribution is 5.78. The van der Waals surface area contributed by atoms with Gasteiger partial charge in [0.2, 0.25) is 5.91 Å². The number of benzene rings is 1. The highest BCUT2D eigenvalue weighted by atomic mass is 19.4. The standard InChI is InChI=1S/C14H18F3NO3/c1-2-11(7-8-19)18-13(20)9-10-3-5-12(6-4-10)21-14(15,16)17/h3-6,11,19H,2,7-9H2,1H3,(H,18,20). The van der Waals surface area contributed by atoms with Crippen molar-refractivity contribution in [1.82, 2.24) is 5.32 Å². The molecular weight excluding hydrogens is 287 g/mol. The molecular formula is C14H18F3NO3. The molecule has 2 N–H and O–H groups in total. The van der Waals surface area contributed by atoms with Crippen molar-refractivity contribution >= 4 is 5.91 Å². The average Bonchev–Trinajstić information content (AvgIpc) is 2.39. The van der Waals surface area contributed by atoms with Crippen LogP contribution in [-0.2, 0) is 11.2 Å². The zero-order valence-corrected chi connectivity index (χ0v) is 11.6. The number of aliphatic hydroxyl groups excluding tert-OH is 1. The summed E-state index contributed by atoms with van der Waals surface area (Å²) in [4.78, 5) is 11.8. The number of alkyl halides is 3. The van der Waals surface area contributed by atoms with Crippen molar-refractivity contribution in [2.75, 3.05) is 6.61 Å². The molecule has 7 heteroatoms. The molecule has 0 aromatic heterocycles. The molecule has 0 bridgehead atoms. The summed E-state index contributed by atoms with van der Waals surface area (Å²) in [7, 11) is 0. The van der Waals surface area contributed by atoms with Gasteiger partial charge in [0.25, 0.3) is 0 Å². The van der Waals surface area contributed by atoms with Crippen LogP contribution in [0.5, 0.6) is 5.75 Å². The fourth-order valence-electron chi connectivity index (χ4n) is 1.81. The molecule has 0 spiro atoms. The third-order valence-electron chi connectivity index (χ3n) is 2.86. The zero-order valence-electron chi connectivity index (χ0n) is 11.6. The van der Waals surface area contributed by atoms with Crippen molar-refractivity contribution < 1.29 is 27.8 Å². The quantitative estimate of drug-likeness (QED) is 0.813. The van der Waals surface area contributed by atoms with Crippen LogP contribution in [0.3, 0.4) is 0 Å². The molecule has 0 radical (unpaired) electrons. The van der Waals surface area contributed by atoms with E-state index in [0.717, 1.165) is 0 Å². The van der Waals surface area contributed by atoms with E-state index in [2.05, 4.69) is 10.1 Å². The van der Waals surface area contributed by atoms with Gasteiger partial charge >= 0.3 is 6.36 Å². The van der Waals surface area contributed by atoms with Crippen molar-refractivity contribution in [3.05, 3.63) is 29.8 Å². The number of halogens is 3.